The predicted molar refractivity (Wildman–Crippen MR) is 71.3 cm³/mol. The molecule has 0 heterocycles. The first-order valence-electron chi connectivity index (χ1n) is 6.51. The maximum Gasteiger partial charge on any atom is 0.157 e. The Labute approximate surface area is 117 Å². The first kappa shape index (κ1) is 14.0. The third-order valence-electron chi connectivity index (χ3n) is 3.69. The Hall–Kier alpha value is -1.40. The summed E-state index contributed by atoms with van der Waals surface area (Å²) in [6, 6.07) is 5.84. The number of nitriles is 1. The van der Waals surface area contributed by atoms with Crippen LogP contribution in [0.25, 0.3) is 0 Å². The van der Waals surface area contributed by atoms with Crippen molar-refractivity contribution in [3.63, 3.8) is 0 Å². The molecule has 0 saturated heterocycles. The number of carbonyl (C=O) groups excluding carboxylic acids is 1. The van der Waals surface area contributed by atoms with Gasteiger partial charge in [0.1, 0.15) is 11.7 Å². The molecular formula is C15H15ClFNO. The lowest BCUT2D eigenvalue weighted by molar-refractivity contribution is -0.124. The Balaban J connectivity index is 2.24. The van der Waals surface area contributed by atoms with Crippen LogP contribution < -0.4 is 0 Å². The molecule has 0 aromatic heterocycles. The van der Waals surface area contributed by atoms with Gasteiger partial charge < -0.3 is 0 Å². The van der Waals surface area contributed by atoms with Crippen LogP contribution in [0.2, 0.25) is 5.02 Å². The maximum absolute atomic E-state index is 13.0. The Morgan fingerprint density at radius 2 is 2.05 bits per heavy atom. The summed E-state index contributed by atoms with van der Waals surface area (Å²) < 4.78 is 13.0. The van der Waals surface area contributed by atoms with Crippen molar-refractivity contribution in [3.8, 4) is 6.07 Å². The number of benzene rings is 1. The van der Waals surface area contributed by atoms with Crippen LogP contribution in [-0.2, 0) is 4.79 Å². The standard InChI is InChI=1S/C15H15ClFNO/c16-14-8-11(17)6-7-12(14)13(9-18)15(19)10-4-2-1-3-5-10/h6-8,10,13H,1-5H2. The number of nitrogens with zero attached hydrogens (tertiary/aromatic N) is 1. The number of ketones is 1. The van der Waals surface area contributed by atoms with Crippen molar-refractivity contribution in [2.45, 2.75) is 38.0 Å². The second kappa shape index (κ2) is 6.16. The molecule has 0 amide bonds. The topological polar surface area (TPSA) is 40.9 Å². The van der Waals surface area contributed by atoms with Crippen molar-refractivity contribution in [1.29, 1.82) is 5.26 Å². The second-order valence-electron chi connectivity index (χ2n) is 4.97. The van der Waals surface area contributed by atoms with Crippen LogP contribution >= 0.6 is 11.6 Å². The van der Waals surface area contributed by atoms with E-state index >= 15 is 0 Å². The molecular weight excluding hydrogens is 265 g/mol. The first-order chi connectivity index (χ1) is 9.13. The predicted octanol–water partition coefficient (Wildman–Crippen LogP) is 4.24. The molecule has 0 spiro atoms. The Morgan fingerprint density at radius 1 is 1.37 bits per heavy atom. The lowest BCUT2D eigenvalue weighted by Gasteiger charge is -2.22. The van der Waals surface area contributed by atoms with E-state index in [1.807, 2.05) is 6.07 Å². The SMILES string of the molecule is N#CC(C(=O)C1CCCCC1)c1ccc(F)cc1Cl. The highest BCUT2D eigenvalue weighted by molar-refractivity contribution is 6.31. The van der Waals surface area contributed by atoms with E-state index < -0.39 is 11.7 Å². The lowest BCUT2D eigenvalue weighted by Crippen LogP contribution is -2.23. The van der Waals surface area contributed by atoms with Gasteiger partial charge in [0.15, 0.2) is 5.78 Å². The number of hydrogen-bond acceptors (Lipinski definition) is 2. The van der Waals surface area contributed by atoms with Crippen molar-refractivity contribution < 1.29 is 9.18 Å². The molecule has 1 unspecified atom stereocenters. The highest BCUT2D eigenvalue weighted by atomic mass is 35.5. The number of hydrogen-bond donors (Lipinski definition) is 0. The smallest absolute Gasteiger partial charge is 0.157 e. The van der Waals surface area contributed by atoms with Crippen LogP contribution in [0.15, 0.2) is 18.2 Å². The van der Waals surface area contributed by atoms with Gasteiger partial charge in [0.05, 0.1) is 6.07 Å². The van der Waals surface area contributed by atoms with E-state index in [2.05, 4.69) is 0 Å². The zero-order chi connectivity index (χ0) is 13.8. The van der Waals surface area contributed by atoms with E-state index in [0.29, 0.717) is 5.56 Å². The summed E-state index contributed by atoms with van der Waals surface area (Å²) in [5.41, 5.74) is 0.418. The molecule has 0 radical (unpaired) electrons. The van der Waals surface area contributed by atoms with Gasteiger partial charge >= 0.3 is 0 Å². The van der Waals surface area contributed by atoms with Crippen LogP contribution in [0.4, 0.5) is 4.39 Å². The molecule has 19 heavy (non-hydrogen) atoms. The molecule has 1 aliphatic rings. The average Bonchev–Trinajstić information content (AvgIpc) is 2.42. The van der Waals surface area contributed by atoms with E-state index in [-0.39, 0.29) is 16.7 Å². The summed E-state index contributed by atoms with van der Waals surface area (Å²) >= 11 is 5.94. The molecule has 2 rings (SSSR count). The number of Topliss-reactive ketones (excluding diaryl/α,β-unsaturated/α-hetero) is 1. The zero-order valence-electron chi connectivity index (χ0n) is 10.5. The van der Waals surface area contributed by atoms with Crippen LogP contribution in [-0.4, -0.2) is 5.78 Å². The van der Waals surface area contributed by atoms with E-state index in [0.717, 1.165) is 38.2 Å². The molecule has 2 nitrogen and oxygen atoms in total. The minimum absolute atomic E-state index is 0.0560. The summed E-state index contributed by atoms with van der Waals surface area (Å²) in [4.78, 5) is 12.4. The monoisotopic (exact) mass is 279 g/mol. The van der Waals surface area contributed by atoms with Crippen molar-refractivity contribution in [2.24, 2.45) is 5.92 Å². The third kappa shape index (κ3) is 3.13. The van der Waals surface area contributed by atoms with E-state index in [1.165, 1.54) is 12.1 Å². The van der Waals surface area contributed by atoms with Gasteiger partial charge in [-0.15, -0.1) is 0 Å². The van der Waals surface area contributed by atoms with Gasteiger partial charge in [-0.05, 0) is 30.5 Å². The largest absolute Gasteiger partial charge is 0.298 e. The Morgan fingerprint density at radius 3 is 2.63 bits per heavy atom. The molecule has 0 N–H and O–H groups in total. The van der Waals surface area contributed by atoms with Crippen LogP contribution in [0.5, 0.6) is 0 Å². The van der Waals surface area contributed by atoms with Gasteiger partial charge in [0.25, 0.3) is 0 Å². The quantitative estimate of drug-likeness (QED) is 0.830. The molecule has 4 heteroatoms. The highest BCUT2D eigenvalue weighted by Crippen LogP contribution is 2.32. The summed E-state index contributed by atoms with van der Waals surface area (Å²) in [7, 11) is 0. The number of carbonyl (C=O) groups is 1. The molecule has 1 aromatic rings. The normalized spacial score (nSPS) is 17.7. The minimum atomic E-state index is -0.879. The fraction of sp³-hybridized carbons (Fsp3) is 0.467. The second-order valence-corrected chi connectivity index (χ2v) is 5.37. The Bertz CT molecular complexity index is 517. The van der Waals surface area contributed by atoms with Gasteiger partial charge in [0, 0.05) is 10.9 Å². The lowest BCUT2D eigenvalue weighted by atomic mass is 9.80. The van der Waals surface area contributed by atoms with Crippen LogP contribution in [0.1, 0.15) is 43.6 Å². The zero-order valence-corrected chi connectivity index (χ0v) is 11.3. The first-order valence-corrected chi connectivity index (χ1v) is 6.89. The molecule has 1 atom stereocenters. The van der Waals surface area contributed by atoms with Gasteiger partial charge in [-0.2, -0.15) is 5.26 Å². The third-order valence-corrected chi connectivity index (χ3v) is 4.02. The molecule has 1 saturated carbocycles. The van der Waals surface area contributed by atoms with Gasteiger partial charge in [-0.25, -0.2) is 4.39 Å². The molecule has 1 aromatic carbocycles. The van der Waals surface area contributed by atoms with E-state index in [9.17, 15) is 14.4 Å². The molecule has 0 bridgehead atoms. The number of halogens is 2. The highest BCUT2D eigenvalue weighted by Gasteiger charge is 2.30. The van der Waals surface area contributed by atoms with Crippen LogP contribution in [0.3, 0.4) is 0 Å². The van der Waals surface area contributed by atoms with Crippen LogP contribution in [0, 0.1) is 23.1 Å². The van der Waals surface area contributed by atoms with Gasteiger partial charge in [-0.1, -0.05) is 36.9 Å². The van der Waals surface area contributed by atoms with Crippen molar-refractivity contribution >= 4 is 17.4 Å². The molecule has 1 fully saturated rings. The van der Waals surface area contributed by atoms with Crippen molar-refractivity contribution in [2.75, 3.05) is 0 Å². The molecule has 0 aliphatic heterocycles. The fourth-order valence-electron chi connectivity index (χ4n) is 2.64. The Kier molecular flexibility index (Phi) is 4.55. The fourth-order valence-corrected chi connectivity index (χ4v) is 2.92. The summed E-state index contributed by atoms with van der Waals surface area (Å²) in [5, 5.41) is 9.40. The summed E-state index contributed by atoms with van der Waals surface area (Å²) in [5.74, 6) is -1.47. The van der Waals surface area contributed by atoms with E-state index in [4.69, 9.17) is 11.6 Å². The van der Waals surface area contributed by atoms with Gasteiger partial charge in [0.2, 0.25) is 0 Å². The maximum atomic E-state index is 13.0. The summed E-state index contributed by atoms with van der Waals surface area (Å²) in [6.45, 7) is 0. The van der Waals surface area contributed by atoms with Gasteiger partial charge in [-0.3, -0.25) is 4.79 Å². The van der Waals surface area contributed by atoms with E-state index in [1.54, 1.807) is 0 Å². The minimum Gasteiger partial charge on any atom is -0.298 e. The summed E-state index contributed by atoms with van der Waals surface area (Å²) in [6.07, 6.45) is 4.90. The average molecular weight is 280 g/mol. The van der Waals surface area contributed by atoms with Crippen molar-refractivity contribution in [1.82, 2.24) is 0 Å². The number of rotatable bonds is 3. The molecule has 100 valence electrons. The van der Waals surface area contributed by atoms with Crippen molar-refractivity contribution in [3.05, 3.63) is 34.6 Å². The molecule has 1 aliphatic carbocycles.